The predicted octanol–water partition coefficient (Wildman–Crippen LogP) is -0.424. The fraction of sp³-hybridized carbons (Fsp3) is 0.818. The van der Waals surface area contributed by atoms with Crippen molar-refractivity contribution in [3.8, 4) is 0 Å². The van der Waals surface area contributed by atoms with E-state index >= 15 is 0 Å². The number of hydrogen-bond acceptors (Lipinski definition) is 6. The normalized spacial score (nSPS) is 25.9. The summed E-state index contributed by atoms with van der Waals surface area (Å²) in [7, 11) is -2.49. The maximum absolute atomic E-state index is 12.5. The molecule has 2 fully saturated rings. The van der Waals surface area contributed by atoms with Crippen molar-refractivity contribution in [3.63, 3.8) is 0 Å². The standard InChI is InChI=1S/C11H18N2O6S2/c1-19-11(16)8-2-4-12(5-3-8)21(17,18)13-7-20-6-9(13)10(14)15/h8-9H,2-7H2,1H3,(H,14,15). The minimum absolute atomic E-state index is 0.149. The number of methoxy groups -OCH3 is 1. The number of aliphatic carboxylic acids is 1. The summed E-state index contributed by atoms with van der Waals surface area (Å²) in [6.45, 7) is 0.408. The Bertz CT molecular complexity index is 515. The van der Waals surface area contributed by atoms with E-state index in [1.165, 1.54) is 23.2 Å². The third kappa shape index (κ3) is 3.33. The van der Waals surface area contributed by atoms with Gasteiger partial charge in [0.2, 0.25) is 0 Å². The van der Waals surface area contributed by atoms with Gasteiger partial charge in [-0.1, -0.05) is 0 Å². The Morgan fingerprint density at radius 2 is 1.90 bits per heavy atom. The summed E-state index contributed by atoms with van der Waals surface area (Å²) in [6.07, 6.45) is 0.787. The number of carboxylic acids is 1. The summed E-state index contributed by atoms with van der Waals surface area (Å²) < 4.78 is 32.0. The van der Waals surface area contributed by atoms with Crippen LogP contribution in [0, 0.1) is 5.92 Å². The lowest BCUT2D eigenvalue weighted by molar-refractivity contribution is -0.146. The van der Waals surface area contributed by atoms with Gasteiger partial charge >= 0.3 is 11.9 Å². The van der Waals surface area contributed by atoms with Gasteiger partial charge in [-0.25, -0.2) is 0 Å². The lowest BCUT2D eigenvalue weighted by Gasteiger charge is -2.33. The monoisotopic (exact) mass is 338 g/mol. The number of thioether (sulfide) groups is 1. The maximum atomic E-state index is 12.5. The lowest BCUT2D eigenvalue weighted by Crippen LogP contribution is -2.51. The number of piperidine rings is 1. The fourth-order valence-electron chi connectivity index (χ4n) is 2.49. The van der Waals surface area contributed by atoms with Gasteiger partial charge in [0.05, 0.1) is 18.9 Å². The summed E-state index contributed by atoms with van der Waals surface area (Å²) in [6, 6.07) is -1.02. The minimum atomic E-state index is -3.80. The average Bonchev–Trinajstić information content (AvgIpc) is 2.97. The van der Waals surface area contributed by atoms with Crippen LogP contribution in [0.15, 0.2) is 0 Å². The Hall–Kier alpha value is -0.840. The van der Waals surface area contributed by atoms with Crippen LogP contribution in [0.3, 0.4) is 0 Å². The molecular weight excluding hydrogens is 320 g/mol. The molecule has 0 spiro atoms. The number of ether oxygens (including phenoxy) is 1. The molecule has 0 aromatic heterocycles. The van der Waals surface area contributed by atoms with Crippen LogP contribution in [0.25, 0.3) is 0 Å². The third-order valence-electron chi connectivity index (χ3n) is 3.74. The topological polar surface area (TPSA) is 104 Å². The molecule has 0 bridgehead atoms. The number of hydrogen-bond donors (Lipinski definition) is 1. The molecule has 2 aliphatic heterocycles. The Morgan fingerprint density at radius 3 is 2.43 bits per heavy atom. The second-order valence-corrected chi connectivity index (χ2v) is 7.83. The molecule has 21 heavy (non-hydrogen) atoms. The summed E-state index contributed by atoms with van der Waals surface area (Å²) >= 11 is 1.28. The van der Waals surface area contributed by atoms with Crippen molar-refractivity contribution in [1.29, 1.82) is 0 Å². The first-order valence-electron chi connectivity index (χ1n) is 6.53. The zero-order valence-corrected chi connectivity index (χ0v) is 13.2. The zero-order chi connectivity index (χ0) is 15.6. The summed E-state index contributed by atoms with van der Waals surface area (Å²) in [5, 5.41) is 9.09. The quantitative estimate of drug-likeness (QED) is 0.694. The maximum Gasteiger partial charge on any atom is 0.322 e. The fourth-order valence-corrected chi connectivity index (χ4v) is 5.80. The van der Waals surface area contributed by atoms with Gasteiger partial charge in [-0.3, -0.25) is 9.59 Å². The number of carboxylic acid groups (broad SMARTS) is 1. The number of nitrogens with zero attached hydrogens (tertiary/aromatic N) is 2. The molecule has 1 unspecified atom stereocenters. The van der Waals surface area contributed by atoms with Gasteiger partial charge < -0.3 is 9.84 Å². The summed E-state index contributed by atoms with van der Waals surface area (Å²) in [5.41, 5.74) is 0. The minimum Gasteiger partial charge on any atom is -0.480 e. The van der Waals surface area contributed by atoms with Gasteiger partial charge in [-0.05, 0) is 12.8 Å². The van der Waals surface area contributed by atoms with Crippen LogP contribution in [0.1, 0.15) is 12.8 Å². The SMILES string of the molecule is COC(=O)C1CCN(S(=O)(=O)N2CSCC2C(=O)O)CC1. The zero-order valence-electron chi connectivity index (χ0n) is 11.6. The number of esters is 1. The van der Waals surface area contributed by atoms with Gasteiger partial charge in [0.15, 0.2) is 0 Å². The first kappa shape index (κ1) is 16.5. The molecule has 0 radical (unpaired) electrons. The first-order chi connectivity index (χ1) is 9.87. The molecule has 10 heteroatoms. The molecule has 1 N–H and O–H groups in total. The van der Waals surface area contributed by atoms with Gasteiger partial charge in [-0.2, -0.15) is 17.0 Å². The van der Waals surface area contributed by atoms with Crippen LogP contribution in [0.5, 0.6) is 0 Å². The largest absolute Gasteiger partial charge is 0.480 e. The van der Waals surface area contributed by atoms with Crippen molar-refractivity contribution >= 4 is 33.9 Å². The second-order valence-electron chi connectivity index (χ2n) is 4.95. The van der Waals surface area contributed by atoms with Gasteiger partial charge in [-0.15, -0.1) is 11.8 Å². The van der Waals surface area contributed by atoms with Crippen molar-refractivity contribution in [2.75, 3.05) is 31.8 Å². The van der Waals surface area contributed by atoms with Gasteiger partial charge in [0.1, 0.15) is 6.04 Å². The van der Waals surface area contributed by atoms with E-state index in [0.29, 0.717) is 12.8 Å². The molecule has 2 rings (SSSR count). The van der Waals surface area contributed by atoms with Crippen molar-refractivity contribution in [2.45, 2.75) is 18.9 Å². The van der Waals surface area contributed by atoms with Gasteiger partial charge in [0, 0.05) is 18.8 Å². The molecule has 0 aromatic carbocycles. The number of carbonyl (C=O) groups excluding carboxylic acids is 1. The summed E-state index contributed by atoms with van der Waals surface area (Å²) in [4.78, 5) is 22.6. The van der Waals surface area contributed by atoms with E-state index in [-0.39, 0.29) is 36.6 Å². The van der Waals surface area contributed by atoms with E-state index in [4.69, 9.17) is 5.11 Å². The van der Waals surface area contributed by atoms with Crippen LogP contribution in [0.2, 0.25) is 0 Å². The van der Waals surface area contributed by atoms with Crippen molar-refractivity contribution in [3.05, 3.63) is 0 Å². The third-order valence-corrected chi connectivity index (χ3v) is 6.91. The predicted molar refractivity (Wildman–Crippen MR) is 75.8 cm³/mol. The van der Waals surface area contributed by atoms with Gasteiger partial charge in [0.25, 0.3) is 10.2 Å². The van der Waals surface area contributed by atoms with Crippen molar-refractivity contribution in [1.82, 2.24) is 8.61 Å². The Balaban J connectivity index is 2.05. The average molecular weight is 338 g/mol. The number of carbonyl (C=O) groups is 2. The van der Waals surface area contributed by atoms with E-state index in [0.717, 1.165) is 4.31 Å². The molecule has 2 aliphatic rings. The van der Waals surface area contributed by atoms with Crippen LogP contribution < -0.4 is 0 Å². The molecular formula is C11H18N2O6S2. The number of rotatable bonds is 4. The molecule has 0 amide bonds. The van der Waals surface area contributed by atoms with Crippen LogP contribution in [0.4, 0.5) is 0 Å². The van der Waals surface area contributed by atoms with E-state index in [1.807, 2.05) is 0 Å². The molecule has 0 aromatic rings. The highest BCUT2D eigenvalue weighted by Gasteiger charge is 2.43. The molecule has 0 aliphatic carbocycles. The Morgan fingerprint density at radius 1 is 1.29 bits per heavy atom. The smallest absolute Gasteiger partial charge is 0.322 e. The highest BCUT2D eigenvalue weighted by atomic mass is 32.2. The highest BCUT2D eigenvalue weighted by Crippen LogP contribution is 2.29. The summed E-state index contributed by atoms with van der Waals surface area (Å²) in [5.74, 6) is -1.34. The second kappa shape index (κ2) is 6.51. The molecule has 1 atom stereocenters. The van der Waals surface area contributed by atoms with E-state index in [1.54, 1.807) is 0 Å². The molecule has 0 saturated carbocycles. The molecule has 8 nitrogen and oxygen atoms in total. The Kier molecular flexibility index (Phi) is 5.12. The molecule has 120 valence electrons. The first-order valence-corrected chi connectivity index (χ1v) is 9.08. The van der Waals surface area contributed by atoms with E-state index < -0.39 is 22.2 Å². The van der Waals surface area contributed by atoms with Crippen LogP contribution >= 0.6 is 11.8 Å². The molecule has 2 saturated heterocycles. The lowest BCUT2D eigenvalue weighted by atomic mass is 9.99. The van der Waals surface area contributed by atoms with E-state index in [2.05, 4.69) is 4.74 Å². The van der Waals surface area contributed by atoms with Crippen molar-refractivity contribution < 1.29 is 27.9 Å². The highest BCUT2D eigenvalue weighted by molar-refractivity contribution is 8.00. The van der Waals surface area contributed by atoms with Crippen LogP contribution in [-0.4, -0.2) is 71.9 Å². The Labute approximate surface area is 127 Å². The van der Waals surface area contributed by atoms with Crippen molar-refractivity contribution in [2.24, 2.45) is 5.92 Å². The van der Waals surface area contributed by atoms with E-state index in [9.17, 15) is 18.0 Å². The van der Waals surface area contributed by atoms with Crippen LogP contribution in [-0.2, 0) is 24.5 Å². The molecule has 2 heterocycles.